The summed E-state index contributed by atoms with van der Waals surface area (Å²) in [6, 6.07) is -0.471. The van der Waals surface area contributed by atoms with Crippen LogP contribution in [0.3, 0.4) is 0 Å². The molecule has 4 aliphatic rings. The molecular formula is C16H21N5O4. The van der Waals surface area contributed by atoms with Gasteiger partial charge in [0.1, 0.15) is 12.7 Å². The Balaban J connectivity index is 1.32. The van der Waals surface area contributed by atoms with Crippen LogP contribution in [0.5, 0.6) is 0 Å². The van der Waals surface area contributed by atoms with Crippen molar-refractivity contribution in [2.24, 2.45) is 17.8 Å². The standard InChI is InChI=1S/C16H21N5O4/c22-14(8-20-7-13(17-9-20)21(24)25)18-15(23)19-16-4-10-1-11(5-16)3-12(2-10)6-16/h7,9-12H,1-6,8H2,(H2,18,19,22,23). The Kier molecular flexibility index (Phi) is 3.73. The predicted molar refractivity (Wildman–Crippen MR) is 86.5 cm³/mol. The number of amides is 3. The summed E-state index contributed by atoms with van der Waals surface area (Å²) in [7, 11) is 0. The van der Waals surface area contributed by atoms with E-state index in [1.165, 1.54) is 30.2 Å². The molecule has 9 nitrogen and oxygen atoms in total. The zero-order valence-corrected chi connectivity index (χ0v) is 13.8. The molecule has 1 heterocycles. The highest BCUT2D eigenvalue weighted by atomic mass is 16.6. The minimum atomic E-state index is -0.631. The lowest BCUT2D eigenvalue weighted by Crippen LogP contribution is -2.62. The Morgan fingerprint density at radius 2 is 1.84 bits per heavy atom. The Hall–Kier alpha value is -2.45. The van der Waals surface area contributed by atoms with Crippen LogP contribution in [0.15, 0.2) is 12.5 Å². The van der Waals surface area contributed by atoms with Crippen LogP contribution < -0.4 is 10.6 Å². The van der Waals surface area contributed by atoms with Crippen LogP contribution in [-0.4, -0.2) is 32.0 Å². The molecule has 4 bridgehead atoms. The molecule has 0 atom stereocenters. The summed E-state index contributed by atoms with van der Waals surface area (Å²) in [5.41, 5.74) is -0.160. The van der Waals surface area contributed by atoms with Crippen molar-refractivity contribution in [3.63, 3.8) is 0 Å². The van der Waals surface area contributed by atoms with Crippen LogP contribution in [-0.2, 0) is 11.3 Å². The number of aromatic nitrogens is 2. The number of hydrogen-bond donors (Lipinski definition) is 2. The number of urea groups is 1. The van der Waals surface area contributed by atoms with Gasteiger partial charge in [0.15, 0.2) is 0 Å². The Bertz CT molecular complexity index is 693. The molecule has 0 aromatic carbocycles. The summed E-state index contributed by atoms with van der Waals surface area (Å²) < 4.78 is 1.28. The topological polar surface area (TPSA) is 119 Å². The van der Waals surface area contributed by atoms with Gasteiger partial charge in [-0.3, -0.25) is 10.1 Å². The molecule has 1 aromatic rings. The minimum absolute atomic E-state index is 0.160. The molecule has 0 radical (unpaired) electrons. The van der Waals surface area contributed by atoms with Gasteiger partial charge in [-0.2, -0.15) is 0 Å². The Labute approximate surface area is 144 Å². The quantitative estimate of drug-likeness (QED) is 0.633. The van der Waals surface area contributed by atoms with E-state index < -0.39 is 16.9 Å². The SMILES string of the molecule is O=C(Cn1cnc([N+](=O)[O-])c1)NC(=O)NC12CC3CC(CC(C3)C1)C2. The van der Waals surface area contributed by atoms with Gasteiger partial charge in [-0.25, -0.2) is 4.79 Å². The average molecular weight is 347 g/mol. The van der Waals surface area contributed by atoms with Crippen LogP contribution in [0.25, 0.3) is 0 Å². The van der Waals surface area contributed by atoms with E-state index in [4.69, 9.17) is 0 Å². The second-order valence-electron chi connectivity index (χ2n) is 7.86. The van der Waals surface area contributed by atoms with Crippen molar-refractivity contribution in [1.29, 1.82) is 0 Å². The second-order valence-corrected chi connectivity index (χ2v) is 7.86. The lowest BCUT2D eigenvalue weighted by molar-refractivity contribution is -0.389. The van der Waals surface area contributed by atoms with Gasteiger partial charge >= 0.3 is 11.8 Å². The second kappa shape index (κ2) is 5.82. The molecule has 0 unspecified atom stereocenters. The van der Waals surface area contributed by atoms with E-state index in [1.54, 1.807) is 0 Å². The summed E-state index contributed by atoms with van der Waals surface area (Å²) in [6.07, 6.45) is 9.23. The van der Waals surface area contributed by atoms with E-state index in [1.807, 2.05) is 0 Å². The Morgan fingerprint density at radius 3 is 2.36 bits per heavy atom. The number of imidazole rings is 1. The molecule has 25 heavy (non-hydrogen) atoms. The van der Waals surface area contributed by atoms with Crippen molar-refractivity contribution in [2.75, 3.05) is 0 Å². The maximum absolute atomic E-state index is 12.3. The lowest BCUT2D eigenvalue weighted by Gasteiger charge is -2.56. The largest absolute Gasteiger partial charge is 0.381 e. The van der Waals surface area contributed by atoms with E-state index in [0.29, 0.717) is 17.8 Å². The number of nitrogens with one attached hydrogen (secondary N) is 2. The van der Waals surface area contributed by atoms with E-state index >= 15 is 0 Å². The first-order valence-electron chi connectivity index (χ1n) is 8.69. The van der Waals surface area contributed by atoms with Gasteiger partial charge in [0.05, 0.1) is 0 Å². The van der Waals surface area contributed by atoms with Gasteiger partial charge < -0.3 is 20.0 Å². The van der Waals surface area contributed by atoms with Crippen molar-refractivity contribution in [3.05, 3.63) is 22.6 Å². The summed E-state index contributed by atoms with van der Waals surface area (Å²) >= 11 is 0. The third-order valence-corrected chi connectivity index (χ3v) is 5.80. The number of carbonyl (C=O) groups excluding carboxylic acids is 2. The maximum atomic E-state index is 12.3. The lowest BCUT2D eigenvalue weighted by atomic mass is 9.53. The van der Waals surface area contributed by atoms with E-state index in [0.717, 1.165) is 25.5 Å². The van der Waals surface area contributed by atoms with Crippen molar-refractivity contribution >= 4 is 17.8 Å². The smallest absolute Gasteiger partial charge is 0.358 e. The minimum Gasteiger partial charge on any atom is -0.358 e. The number of nitro groups is 1. The molecule has 134 valence electrons. The molecular weight excluding hydrogens is 326 g/mol. The fourth-order valence-corrected chi connectivity index (χ4v) is 5.40. The molecule has 4 fully saturated rings. The molecule has 0 spiro atoms. The van der Waals surface area contributed by atoms with E-state index in [9.17, 15) is 19.7 Å². The normalized spacial score (nSPS) is 32.4. The highest BCUT2D eigenvalue weighted by Gasteiger charge is 2.51. The van der Waals surface area contributed by atoms with Crippen LogP contribution >= 0.6 is 0 Å². The van der Waals surface area contributed by atoms with Gasteiger partial charge in [0.2, 0.25) is 12.2 Å². The van der Waals surface area contributed by atoms with Gasteiger partial charge in [-0.1, -0.05) is 0 Å². The third kappa shape index (κ3) is 3.22. The van der Waals surface area contributed by atoms with E-state index in [-0.39, 0.29) is 17.9 Å². The van der Waals surface area contributed by atoms with Gasteiger partial charge in [-0.05, 0) is 66.2 Å². The molecule has 9 heteroatoms. The van der Waals surface area contributed by atoms with E-state index in [2.05, 4.69) is 15.6 Å². The molecule has 0 aliphatic heterocycles. The zero-order valence-electron chi connectivity index (χ0n) is 13.8. The van der Waals surface area contributed by atoms with Crippen LogP contribution in [0.2, 0.25) is 0 Å². The highest BCUT2D eigenvalue weighted by molar-refractivity contribution is 5.94. The Morgan fingerprint density at radius 1 is 1.24 bits per heavy atom. The summed E-state index contributed by atoms with van der Waals surface area (Å²) in [4.78, 5) is 37.8. The molecule has 4 aliphatic carbocycles. The average Bonchev–Trinajstić information content (AvgIpc) is 2.93. The molecule has 0 saturated heterocycles. The van der Waals surface area contributed by atoms with Crippen LogP contribution in [0.4, 0.5) is 10.6 Å². The fraction of sp³-hybridized carbons (Fsp3) is 0.688. The summed E-state index contributed by atoms with van der Waals surface area (Å²) in [6.45, 7) is -0.185. The number of carbonyl (C=O) groups is 2. The maximum Gasteiger partial charge on any atom is 0.381 e. The summed E-state index contributed by atoms with van der Waals surface area (Å²) in [5.74, 6) is 1.26. The zero-order chi connectivity index (χ0) is 17.6. The van der Waals surface area contributed by atoms with Crippen molar-refractivity contribution < 1.29 is 14.5 Å². The van der Waals surface area contributed by atoms with Gasteiger partial charge in [0.25, 0.3) is 0 Å². The van der Waals surface area contributed by atoms with Crippen molar-refractivity contribution in [2.45, 2.75) is 50.6 Å². The molecule has 1 aromatic heterocycles. The molecule has 2 N–H and O–H groups in total. The number of rotatable bonds is 4. The number of imide groups is 1. The molecule has 4 saturated carbocycles. The summed E-state index contributed by atoms with van der Waals surface area (Å²) in [5, 5.41) is 16.0. The molecule has 3 amide bonds. The highest BCUT2D eigenvalue weighted by Crippen LogP contribution is 2.55. The van der Waals surface area contributed by atoms with Gasteiger partial charge in [-0.15, -0.1) is 0 Å². The fourth-order valence-electron chi connectivity index (χ4n) is 5.40. The van der Waals surface area contributed by atoms with Crippen LogP contribution in [0, 0.1) is 27.9 Å². The number of nitrogens with zero attached hydrogens (tertiary/aromatic N) is 3. The first kappa shape index (κ1) is 16.0. The van der Waals surface area contributed by atoms with Crippen molar-refractivity contribution in [1.82, 2.24) is 20.2 Å². The predicted octanol–water partition coefficient (Wildman–Crippen LogP) is 1.59. The van der Waals surface area contributed by atoms with Crippen molar-refractivity contribution in [3.8, 4) is 0 Å². The van der Waals surface area contributed by atoms with Crippen LogP contribution in [0.1, 0.15) is 38.5 Å². The first-order chi connectivity index (χ1) is 11.9. The van der Waals surface area contributed by atoms with Gasteiger partial charge in [0, 0.05) is 5.54 Å². The first-order valence-corrected chi connectivity index (χ1v) is 8.69. The third-order valence-electron chi connectivity index (χ3n) is 5.80. The number of hydrogen-bond acceptors (Lipinski definition) is 5. The monoisotopic (exact) mass is 347 g/mol. The molecule has 5 rings (SSSR count).